The number of hydrogen-bond acceptors (Lipinski definition) is 5. The van der Waals surface area contributed by atoms with Crippen LogP contribution in [0.1, 0.15) is 117 Å². The van der Waals surface area contributed by atoms with Crippen molar-refractivity contribution in [2.45, 2.75) is 123 Å². The number of carbonyl (C=O) groups is 2. The summed E-state index contributed by atoms with van der Waals surface area (Å²) in [5.74, 6) is -0.639. The fourth-order valence-electron chi connectivity index (χ4n) is 3.39. The number of hydrogen-bond donors (Lipinski definition) is 1. The highest BCUT2D eigenvalue weighted by atomic mass is 16.6. The van der Waals surface area contributed by atoms with Crippen LogP contribution in [0.25, 0.3) is 0 Å². The third-order valence-electron chi connectivity index (χ3n) is 5.45. The molecule has 1 N–H and O–H groups in total. The molecule has 0 amide bonds. The Bertz CT molecular complexity index is 565. The smallest absolute Gasteiger partial charge is 0.306 e. The Balaban J connectivity index is 3.71. The molecule has 0 aromatic heterocycles. The molecule has 0 rings (SSSR count). The van der Waals surface area contributed by atoms with Gasteiger partial charge in [0.25, 0.3) is 0 Å². The number of allylic oxidation sites excluding steroid dienone is 6. The van der Waals surface area contributed by atoms with Gasteiger partial charge in [0.1, 0.15) is 6.61 Å². The highest BCUT2D eigenvalue weighted by Gasteiger charge is 2.15. The standard InChI is InChI=1S/C29H50O5/c1-3-5-7-9-11-12-13-14-15-16-18-20-22-24-29(32)34-27(25-30)26-33-28(31)23-21-19-17-10-8-6-4-2/h5,7,11-12,14-15,27,30H,3-4,6,8-10,13,16-26H2,1-2H3/b7-5-,12-11-,15-14-. The van der Waals surface area contributed by atoms with Crippen molar-refractivity contribution in [3.8, 4) is 0 Å². The second-order valence-electron chi connectivity index (χ2n) is 8.74. The largest absolute Gasteiger partial charge is 0.462 e. The van der Waals surface area contributed by atoms with E-state index in [4.69, 9.17) is 9.47 Å². The van der Waals surface area contributed by atoms with Crippen LogP contribution in [-0.2, 0) is 19.1 Å². The highest BCUT2D eigenvalue weighted by Crippen LogP contribution is 2.10. The second-order valence-corrected chi connectivity index (χ2v) is 8.74. The lowest BCUT2D eigenvalue weighted by Crippen LogP contribution is -2.28. The van der Waals surface area contributed by atoms with Crippen LogP contribution in [0.3, 0.4) is 0 Å². The quantitative estimate of drug-likeness (QED) is 0.0942. The number of esters is 2. The maximum atomic E-state index is 12.0. The zero-order valence-corrected chi connectivity index (χ0v) is 21.8. The van der Waals surface area contributed by atoms with E-state index in [0.717, 1.165) is 64.2 Å². The summed E-state index contributed by atoms with van der Waals surface area (Å²) in [6.07, 6.45) is 27.8. The molecule has 0 spiro atoms. The lowest BCUT2D eigenvalue weighted by atomic mass is 10.1. The first-order valence-electron chi connectivity index (χ1n) is 13.5. The second kappa shape index (κ2) is 25.7. The number of rotatable bonds is 23. The van der Waals surface area contributed by atoms with Gasteiger partial charge in [0.15, 0.2) is 6.10 Å². The van der Waals surface area contributed by atoms with E-state index in [0.29, 0.717) is 12.8 Å². The molecule has 34 heavy (non-hydrogen) atoms. The van der Waals surface area contributed by atoms with Crippen LogP contribution in [-0.4, -0.2) is 36.4 Å². The van der Waals surface area contributed by atoms with Gasteiger partial charge in [-0.3, -0.25) is 9.59 Å². The third kappa shape index (κ3) is 23.3. The molecular weight excluding hydrogens is 428 g/mol. The van der Waals surface area contributed by atoms with Gasteiger partial charge in [-0.1, -0.05) is 95.2 Å². The van der Waals surface area contributed by atoms with Gasteiger partial charge in [0.05, 0.1) is 6.61 Å². The van der Waals surface area contributed by atoms with Crippen molar-refractivity contribution in [2.75, 3.05) is 13.2 Å². The molecule has 0 saturated carbocycles. The molecule has 5 nitrogen and oxygen atoms in total. The molecule has 0 fully saturated rings. The first-order chi connectivity index (χ1) is 16.6. The molecule has 0 aromatic carbocycles. The fraction of sp³-hybridized carbons (Fsp3) is 0.724. The summed E-state index contributed by atoms with van der Waals surface area (Å²) < 4.78 is 10.4. The number of aliphatic hydroxyl groups is 1. The predicted octanol–water partition coefficient (Wildman–Crippen LogP) is 7.38. The first kappa shape index (κ1) is 32.1. The Hall–Kier alpha value is -1.88. The van der Waals surface area contributed by atoms with Gasteiger partial charge >= 0.3 is 11.9 Å². The highest BCUT2D eigenvalue weighted by molar-refractivity contribution is 5.70. The van der Waals surface area contributed by atoms with Crippen LogP contribution in [0.2, 0.25) is 0 Å². The molecule has 196 valence electrons. The molecule has 0 radical (unpaired) electrons. The van der Waals surface area contributed by atoms with Gasteiger partial charge in [-0.05, 0) is 44.9 Å². The fourth-order valence-corrected chi connectivity index (χ4v) is 3.39. The minimum Gasteiger partial charge on any atom is -0.462 e. The van der Waals surface area contributed by atoms with Gasteiger partial charge in [-0.25, -0.2) is 0 Å². The Kier molecular flexibility index (Phi) is 24.3. The first-order valence-corrected chi connectivity index (χ1v) is 13.5. The zero-order valence-electron chi connectivity index (χ0n) is 21.8. The number of ether oxygens (including phenoxy) is 2. The summed E-state index contributed by atoms with van der Waals surface area (Å²) in [5, 5.41) is 9.40. The Morgan fingerprint density at radius 3 is 1.91 bits per heavy atom. The van der Waals surface area contributed by atoms with E-state index in [9.17, 15) is 14.7 Å². The lowest BCUT2D eigenvalue weighted by Gasteiger charge is -2.15. The number of carbonyl (C=O) groups excluding carboxylic acids is 2. The number of aliphatic hydroxyl groups excluding tert-OH is 1. The monoisotopic (exact) mass is 478 g/mol. The van der Waals surface area contributed by atoms with Gasteiger partial charge in [0, 0.05) is 12.8 Å². The molecule has 0 aliphatic heterocycles. The van der Waals surface area contributed by atoms with Crippen molar-refractivity contribution in [1.82, 2.24) is 0 Å². The minimum absolute atomic E-state index is 0.0777. The van der Waals surface area contributed by atoms with Crippen LogP contribution < -0.4 is 0 Å². The van der Waals surface area contributed by atoms with E-state index < -0.39 is 6.10 Å². The van der Waals surface area contributed by atoms with Crippen LogP contribution in [0.4, 0.5) is 0 Å². The van der Waals surface area contributed by atoms with Crippen molar-refractivity contribution in [3.05, 3.63) is 36.5 Å². The van der Waals surface area contributed by atoms with Crippen molar-refractivity contribution in [1.29, 1.82) is 0 Å². The van der Waals surface area contributed by atoms with Crippen LogP contribution in [0.15, 0.2) is 36.5 Å². The molecule has 0 aliphatic rings. The third-order valence-corrected chi connectivity index (χ3v) is 5.45. The van der Waals surface area contributed by atoms with Gasteiger partial charge in [0.2, 0.25) is 0 Å². The van der Waals surface area contributed by atoms with E-state index >= 15 is 0 Å². The van der Waals surface area contributed by atoms with Crippen molar-refractivity contribution < 1.29 is 24.2 Å². The molecule has 1 unspecified atom stereocenters. The van der Waals surface area contributed by atoms with Gasteiger partial charge < -0.3 is 14.6 Å². The molecule has 0 aliphatic carbocycles. The van der Waals surface area contributed by atoms with Crippen molar-refractivity contribution in [3.63, 3.8) is 0 Å². The maximum absolute atomic E-state index is 12.0. The molecular formula is C29H50O5. The van der Waals surface area contributed by atoms with Crippen molar-refractivity contribution >= 4 is 11.9 Å². The Morgan fingerprint density at radius 1 is 0.706 bits per heavy atom. The average Bonchev–Trinajstić information content (AvgIpc) is 2.84. The van der Waals surface area contributed by atoms with Crippen LogP contribution in [0.5, 0.6) is 0 Å². The average molecular weight is 479 g/mol. The topological polar surface area (TPSA) is 72.8 Å². The molecule has 0 aromatic rings. The summed E-state index contributed by atoms with van der Waals surface area (Å²) in [4.78, 5) is 23.8. The minimum atomic E-state index is -0.779. The summed E-state index contributed by atoms with van der Waals surface area (Å²) in [6, 6.07) is 0. The van der Waals surface area contributed by atoms with Crippen LogP contribution >= 0.6 is 0 Å². The predicted molar refractivity (Wildman–Crippen MR) is 141 cm³/mol. The van der Waals surface area contributed by atoms with Gasteiger partial charge in [-0.15, -0.1) is 0 Å². The Morgan fingerprint density at radius 2 is 1.26 bits per heavy atom. The summed E-state index contributed by atoms with van der Waals surface area (Å²) in [6.45, 7) is 3.91. The zero-order chi connectivity index (χ0) is 25.1. The Labute approximate surface area is 208 Å². The van der Waals surface area contributed by atoms with Gasteiger partial charge in [-0.2, -0.15) is 0 Å². The molecule has 5 heteroatoms. The summed E-state index contributed by atoms with van der Waals surface area (Å²) in [7, 11) is 0. The summed E-state index contributed by atoms with van der Waals surface area (Å²) >= 11 is 0. The van der Waals surface area contributed by atoms with E-state index in [1.54, 1.807) is 0 Å². The SMILES string of the molecule is CC/C=C\C/C=C\C/C=C\CCCCCC(=O)OC(CO)COC(=O)CCCCCCCCC. The molecule has 0 bridgehead atoms. The maximum Gasteiger partial charge on any atom is 0.306 e. The number of unbranched alkanes of at least 4 members (excludes halogenated alkanes) is 9. The van der Waals surface area contributed by atoms with Crippen molar-refractivity contribution in [2.24, 2.45) is 0 Å². The lowest BCUT2D eigenvalue weighted by molar-refractivity contribution is -0.161. The summed E-state index contributed by atoms with van der Waals surface area (Å²) in [5.41, 5.74) is 0. The normalized spacial score (nSPS) is 12.7. The van der Waals surface area contributed by atoms with E-state index in [1.165, 1.54) is 25.7 Å². The molecule has 1 atom stereocenters. The van der Waals surface area contributed by atoms with Crippen LogP contribution in [0, 0.1) is 0 Å². The van der Waals surface area contributed by atoms with E-state index in [2.05, 4.69) is 50.3 Å². The molecule has 0 heterocycles. The van der Waals surface area contributed by atoms with E-state index in [1.807, 2.05) is 0 Å². The van der Waals surface area contributed by atoms with E-state index in [-0.39, 0.29) is 25.2 Å². The molecule has 0 saturated heterocycles.